The van der Waals surface area contributed by atoms with E-state index in [-0.39, 0.29) is 0 Å². The Hall–Kier alpha value is -1.68. The lowest BCUT2D eigenvalue weighted by atomic mass is 10.2. The van der Waals surface area contributed by atoms with Crippen molar-refractivity contribution in [1.82, 2.24) is 0 Å². The van der Waals surface area contributed by atoms with Crippen LogP contribution in [0.4, 0.5) is 5.69 Å². The van der Waals surface area contributed by atoms with Crippen molar-refractivity contribution in [1.29, 1.82) is 0 Å². The predicted octanol–water partition coefficient (Wildman–Crippen LogP) is 4.01. The molecule has 2 aromatic rings. The molecule has 0 fully saturated rings. The fraction of sp³-hybridized carbons (Fsp3) is 0.200. The highest BCUT2D eigenvalue weighted by Gasteiger charge is 2.06. The van der Waals surface area contributed by atoms with Crippen LogP contribution in [0.5, 0.6) is 11.5 Å². The van der Waals surface area contributed by atoms with Gasteiger partial charge in [-0.2, -0.15) is 0 Å². The molecular formula is C15H16BrNO2. The van der Waals surface area contributed by atoms with Crippen LogP contribution in [0.2, 0.25) is 0 Å². The summed E-state index contributed by atoms with van der Waals surface area (Å²) in [6.45, 7) is 2.99. The molecule has 0 atom stereocenters. The third-order valence-corrected chi connectivity index (χ3v) is 3.16. The normalized spacial score (nSPS) is 10.2. The van der Waals surface area contributed by atoms with Gasteiger partial charge in [0.1, 0.15) is 23.8 Å². The zero-order chi connectivity index (χ0) is 13.7. The Bertz CT molecular complexity index is 540. The van der Waals surface area contributed by atoms with E-state index in [0.29, 0.717) is 30.4 Å². The van der Waals surface area contributed by atoms with E-state index < -0.39 is 0 Å². The Kier molecular flexibility index (Phi) is 4.68. The SMILES string of the molecule is CCOc1cccc(OCc2ccc(Br)cc2)c1N. The Labute approximate surface area is 121 Å². The lowest BCUT2D eigenvalue weighted by molar-refractivity contribution is 0.302. The van der Waals surface area contributed by atoms with E-state index in [4.69, 9.17) is 15.2 Å². The Morgan fingerprint density at radius 1 is 1.00 bits per heavy atom. The summed E-state index contributed by atoms with van der Waals surface area (Å²) in [5.74, 6) is 1.31. The summed E-state index contributed by atoms with van der Waals surface area (Å²) in [5.41, 5.74) is 7.63. The van der Waals surface area contributed by atoms with Crippen molar-refractivity contribution in [2.45, 2.75) is 13.5 Å². The number of ether oxygens (including phenoxy) is 2. The number of benzene rings is 2. The second-order valence-electron chi connectivity index (χ2n) is 4.02. The Morgan fingerprint density at radius 3 is 2.26 bits per heavy atom. The quantitative estimate of drug-likeness (QED) is 0.846. The molecule has 3 nitrogen and oxygen atoms in total. The summed E-state index contributed by atoms with van der Waals surface area (Å²) in [6.07, 6.45) is 0. The van der Waals surface area contributed by atoms with Gasteiger partial charge in [0.2, 0.25) is 0 Å². The molecule has 0 aromatic heterocycles. The number of hydrogen-bond donors (Lipinski definition) is 1. The second kappa shape index (κ2) is 6.48. The molecule has 0 aliphatic carbocycles. The largest absolute Gasteiger partial charge is 0.492 e. The van der Waals surface area contributed by atoms with Crippen LogP contribution in [0, 0.1) is 0 Å². The summed E-state index contributed by atoms with van der Waals surface area (Å²) < 4.78 is 12.2. The highest BCUT2D eigenvalue weighted by Crippen LogP contribution is 2.31. The summed E-state index contributed by atoms with van der Waals surface area (Å²) >= 11 is 3.40. The van der Waals surface area contributed by atoms with Gasteiger partial charge in [0.25, 0.3) is 0 Å². The molecule has 2 rings (SSSR count). The number of hydrogen-bond acceptors (Lipinski definition) is 3. The zero-order valence-corrected chi connectivity index (χ0v) is 12.3. The molecular weight excluding hydrogens is 306 g/mol. The van der Waals surface area contributed by atoms with Crippen molar-refractivity contribution in [3.05, 3.63) is 52.5 Å². The maximum absolute atomic E-state index is 6.00. The van der Waals surface area contributed by atoms with Crippen LogP contribution < -0.4 is 15.2 Å². The molecule has 0 unspecified atom stereocenters. The molecule has 0 heterocycles. The van der Waals surface area contributed by atoms with Gasteiger partial charge in [-0.05, 0) is 36.8 Å². The number of anilines is 1. The minimum atomic E-state index is 0.479. The highest BCUT2D eigenvalue weighted by atomic mass is 79.9. The molecule has 100 valence electrons. The topological polar surface area (TPSA) is 44.5 Å². The molecule has 2 aromatic carbocycles. The fourth-order valence-corrected chi connectivity index (χ4v) is 1.94. The monoisotopic (exact) mass is 321 g/mol. The molecule has 4 heteroatoms. The Morgan fingerprint density at radius 2 is 1.63 bits per heavy atom. The molecule has 0 radical (unpaired) electrons. The standard InChI is InChI=1S/C15H16BrNO2/c1-2-18-13-4-3-5-14(15(13)17)19-10-11-6-8-12(16)9-7-11/h3-9H,2,10,17H2,1H3. The molecule has 19 heavy (non-hydrogen) atoms. The number of nitrogen functional groups attached to an aromatic ring is 1. The van der Waals surface area contributed by atoms with Crippen molar-refractivity contribution >= 4 is 21.6 Å². The first kappa shape index (κ1) is 13.7. The third-order valence-electron chi connectivity index (χ3n) is 2.63. The van der Waals surface area contributed by atoms with Crippen molar-refractivity contribution in [2.75, 3.05) is 12.3 Å². The summed E-state index contributed by atoms with van der Waals surface area (Å²) in [4.78, 5) is 0. The van der Waals surface area contributed by atoms with Gasteiger partial charge < -0.3 is 15.2 Å². The smallest absolute Gasteiger partial charge is 0.146 e. The number of nitrogens with two attached hydrogens (primary N) is 1. The molecule has 0 spiro atoms. The van der Waals surface area contributed by atoms with Crippen LogP contribution in [-0.4, -0.2) is 6.61 Å². The Balaban J connectivity index is 2.07. The number of halogens is 1. The van der Waals surface area contributed by atoms with Gasteiger partial charge in [0.15, 0.2) is 0 Å². The lowest BCUT2D eigenvalue weighted by Gasteiger charge is -2.12. The average Bonchev–Trinajstić information content (AvgIpc) is 2.42. The maximum Gasteiger partial charge on any atom is 0.146 e. The van der Waals surface area contributed by atoms with E-state index in [1.807, 2.05) is 49.4 Å². The van der Waals surface area contributed by atoms with E-state index >= 15 is 0 Å². The molecule has 0 saturated heterocycles. The van der Waals surface area contributed by atoms with Crippen LogP contribution in [0.15, 0.2) is 46.9 Å². The van der Waals surface area contributed by atoms with E-state index in [1.165, 1.54) is 0 Å². The number of rotatable bonds is 5. The average molecular weight is 322 g/mol. The minimum absolute atomic E-state index is 0.479. The van der Waals surface area contributed by atoms with Gasteiger partial charge in [-0.25, -0.2) is 0 Å². The van der Waals surface area contributed by atoms with Crippen molar-refractivity contribution < 1.29 is 9.47 Å². The van der Waals surface area contributed by atoms with E-state index in [0.717, 1.165) is 10.0 Å². The van der Waals surface area contributed by atoms with Crippen molar-refractivity contribution in [3.8, 4) is 11.5 Å². The first-order valence-electron chi connectivity index (χ1n) is 6.09. The van der Waals surface area contributed by atoms with Crippen LogP contribution in [0.25, 0.3) is 0 Å². The van der Waals surface area contributed by atoms with Crippen LogP contribution >= 0.6 is 15.9 Å². The first-order valence-corrected chi connectivity index (χ1v) is 6.88. The molecule has 0 saturated carbocycles. The fourth-order valence-electron chi connectivity index (χ4n) is 1.67. The van der Waals surface area contributed by atoms with E-state index in [9.17, 15) is 0 Å². The number of para-hydroxylation sites is 1. The molecule has 0 aliphatic heterocycles. The van der Waals surface area contributed by atoms with Gasteiger partial charge in [-0.1, -0.05) is 34.1 Å². The molecule has 2 N–H and O–H groups in total. The van der Waals surface area contributed by atoms with Gasteiger partial charge in [0, 0.05) is 4.47 Å². The van der Waals surface area contributed by atoms with Gasteiger partial charge in [0.05, 0.1) is 6.61 Å². The van der Waals surface area contributed by atoms with E-state index in [2.05, 4.69) is 15.9 Å². The zero-order valence-electron chi connectivity index (χ0n) is 10.7. The minimum Gasteiger partial charge on any atom is -0.492 e. The molecule has 0 amide bonds. The summed E-state index contributed by atoms with van der Waals surface area (Å²) in [6, 6.07) is 13.5. The second-order valence-corrected chi connectivity index (χ2v) is 4.93. The van der Waals surface area contributed by atoms with Crippen molar-refractivity contribution in [3.63, 3.8) is 0 Å². The van der Waals surface area contributed by atoms with Gasteiger partial charge >= 0.3 is 0 Å². The highest BCUT2D eigenvalue weighted by molar-refractivity contribution is 9.10. The summed E-state index contributed by atoms with van der Waals surface area (Å²) in [7, 11) is 0. The van der Waals surface area contributed by atoms with Crippen LogP contribution in [-0.2, 0) is 6.61 Å². The third kappa shape index (κ3) is 3.64. The lowest BCUT2D eigenvalue weighted by Crippen LogP contribution is -2.01. The molecule has 0 aliphatic rings. The van der Waals surface area contributed by atoms with Gasteiger partial charge in [-0.3, -0.25) is 0 Å². The first-order chi connectivity index (χ1) is 9.20. The summed E-state index contributed by atoms with van der Waals surface area (Å²) in [5, 5.41) is 0. The van der Waals surface area contributed by atoms with Crippen LogP contribution in [0.3, 0.4) is 0 Å². The van der Waals surface area contributed by atoms with Crippen LogP contribution in [0.1, 0.15) is 12.5 Å². The predicted molar refractivity (Wildman–Crippen MR) is 80.5 cm³/mol. The maximum atomic E-state index is 6.00. The van der Waals surface area contributed by atoms with E-state index in [1.54, 1.807) is 0 Å². The molecule has 0 bridgehead atoms. The van der Waals surface area contributed by atoms with Crippen molar-refractivity contribution in [2.24, 2.45) is 0 Å². The van der Waals surface area contributed by atoms with Gasteiger partial charge in [-0.15, -0.1) is 0 Å².